The summed E-state index contributed by atoms with van der Waals surface area (Å²) in [6.07, 6.45) is 3.08. The Balaban J connectivity index is 1.94. The molecular weight excluding hydrogens is 260 g/mol. The van der Waals surface area contributed by atoms with E-state index in [1.807, 2.05) is 22.6 Å². The van der Waals surface area contributed by atoms with Crippen LogP contribution in [0.1, 0.15) is 0 Å². The summed E-state index contributed by atoms with van der Waals surface area (Å²) >= 11 is 0. The van der Waals surface area contributed by atoms with Crippen molar-refractivity contribution in [2.45, 2.75) is 6.10 Å². The number of pyridine rings is 1. The Bertz CT molecular complexity index is 652. The number of morpholine rings is 1. The summed E-state index contributed by atoms with van der Waals surface area (Å²) in [6.45, 7) is 1.67. The highest BCUT2D eigenvalue weighted by Gasteiger charge is 2.26. The normalized spacial score (nSPS) is 20.6. The maximum atomic E-state index is 8.75. The summed E-state index contributed by atoms with van der Waals surface area (Å²) in [5.41, 5.74) is 7.47. The number of nitrogens with zero attached hydrogens (tertiary/aromatic N) is 5. The van der Waals surface area contributed by atoms with Crippen molar-refractivity contribution in [3.63, 3.8) is 0 Å². The number of fused-ring (bicyclic) bond motifs is 1. The van der Waals surface area contributed by atoms with E-state index in [2.05, 4.69) is 15.1 Å². The van der Waals surface area contributed by atoms with Crippen LogP contribution in [0.2, 0.25) is 0 Å². The molecule has 1 unspecified atom stereocenters. The van der Waals surface area contributed by atoms with Gasteiger partial charge in [0.1, 0.15) is 11.6 Å². The van der Waals surface area contributed by atoms with Crippen LogP contribution in [-0.4, -0.2) is 51.4 Å². The minimum absolute atomic E-state index is 0.0721. The maximum absolute atomic E-state index is 8.75. The molecule has 2 aromatic rings. The molecular formula is C12H16N6O2. The van der Waals surface area contributed by atoms with E-state index in [9.17, 15) is 0 Å². The lowest BCUT2D eigenvalue weighted by Gasteiger charge is -2.33. The highest BCUT2D eigenvalue weighted by Crippen LogP contribution is 2.24. The van der Waals surface area contributed by atoms with E-state index in [0.29, 0.717) is 19.7 Å². The van der Waals surface area contributed by atoms with Crippen LogP contribution < -0.4 is 10.6 Å². The van der Waals surface area contributed by atoms with Crippen molar-refractivity contribution in [2.24, 2.45) is 17.9 Å². The largest absolute Gasteiger partial charge is 0.409 e. The summed E-state index contributed by atoms with van der Waals surface area (Å²) in [6, 6.07) is 1.92. The number of rotatable bonds is 2. The molecule has 0 aliphatic carbocycles. The Morgan fingerprint density at radius 1 is 1.55 bits per heavy atom. The molecule has 1 aliphatic heterocycles. The van der Waals surface area contributed by atoms with Gasteiger partial charge in [0.25, 0.3) is 0 Å². The lowest BCUT2D eigenvalue weighted by atomic mass is 10.2. The van der Waals surface area contributed by atoms with E-state index < -0.39 is 6.10 Å². The first-order chi connectivity index (χ1) is 9.70. The van der Waals surface area contributed by atoms with Gasteiger partial charge < -0.3 is 25.1 Å². The van der Waals surface area contributed by atoms with Gasteiger partial charge >= 0.3 is 0 Å². The van der Waals surface area contributed by atoms with Gasteiger partial charge in [0.2, 0.25) is 0 Å². The van der Waals surface area contributed by atoms with Gasteiger partial charge in [0.15, 0.2) is 11.7 Å². The van der Waals surface area contributed by atoms with Crippen LogP contribution in [0, 0.1) is 0 Å². The average molecular weight is 276 g/mol. The van der Waals surface area contributed by atoms with Gasteiger partial charge in [0.05, 0.1) is 25.0 Å². The standard InChI is InChI=1S/C12H16N6O2/c1-17-7-15-10-8(17)2-3-14-12(10)18-4-5-20-9(6-18)11(13)16-19/h2-3,7,9,19H,4-6H2,1H3,(H2,13,16). The van der Waals surface area contributed by atoms with Crippen LogP contribution in [0.4, 0.5) is 5.82 Å². The topological polar surface area (TPSA) is 102 Å². The van der Waals surface area contributed by atoms with Crippen LogP contribution in [0.5, 0.6) is 0 Å². The fourth-order valence-electron chi connectivity index (χ4n) is 2.36. The summed E-state index contributed by atoms with van der Waals surface area (Å²) in [4.78, 5) is 10.8. The molecule has 1 saturated heterocycles. The molecule has 3 heterocycles. The number of aromatic nitrogens is 3. The molecule has 1 aliphatic rings. The second kappa shape index (κ2) is 4.97. The first-order valence-electron chi connectivity index (χ1n) is 6.30. The Hall–Kier alpha value is -2.35. The second-order valence-corrected chi connectivity index (χ2v) is 4.69. The van der Waals surface area contributed by atoms with Gasteiger partial charge in [-0.25, -0.2) is 9.97 Å². The lowest BCUT2D eigenvalue weighted by Crippen LogP contribution is -2.48. The summed E-state index contributed by atoms with van der Waals surface area (Å²) in [5.74, 6) is 0.866. The molecule has 0 spiro atoms. The van der Waals surface area contributed by atoms with Gasteiger partial charge in [0, 0.05) is 19.8 Å². The Morgan fingerprint density at radius 3 is 3.20 bits per heavy atom. The number of amidine groups is 1. The Labute approximate surface area is 115 Å². The lowest BCUT2D eigenvalue weighted by molar-refractivity contribution is 0.0805. The molecule has 106 valence electrons. The molecule has 8 heteroatoms. The third kappa shape index (κ3) is 2.03. The van der Waals surface area contributed by atoms with Crippen LogP contribution in [0.3, 0.4) is 0 Å². The van der Waals surface area contributed by atoms with Gasteiger partial charge in [-0.05, 0) is 6.07 Å². The molecule has 1 atom stereocenters. The number of oxime groups is 1. The maximum Gasteiger partial charge on any atom is 0.170 e. The van der Waals surface area contributed by atoms with E-state index in [0.717, 1.165) is 16.9 Å². The summed E-state index contributed by atoms with van der Waals surface area (Å²) < 4.78 is 7.44. The van der Waals surface area contributed by atoms with Crippen molar-refractivity contribution in [3.05, 3.63) is 18.6 Å². The predicted molar refractivity (Wildman–Crippen MR) is 73.9 cm³/mol. The van der Waals surface area contributed by atoms with Crippen molar-refractivity contribution in [1.29, 1.82) is 0 Å². The van der Waals surface area contributed by atoms with E-state index in [1.54, 1.807) is 12.5 Å². The Kier molecular flexibility index (Phi) is 3.15. The predicted octanol–water partition coefficient (Wildman–Crippen LogP) is -0.0801. The van der Waals surface area contributed by atoms with Crippen molar-refractivity contribution in [1.82, 2.24) is 14.5 Å². The summed E-state index contributed by atoms with van der Waals surface area (Å²) in [7, 11) is 1.94. The fourth-order valence-corrected chi connectivity index (χ4v) is 2.36. The summed E-state index contributed by atoms with van der Waals surface area (Å²) in [5, 5.41) is 11.8. The van der Waals surface area contributed by atoms with Crippen LogP contribution >= 0.6 is 0 Å². The number of aryl methyl sites for hydroxylation is 1. The zero-order valence-electron chi connectivity index (χ0n) is 11.1. The molecule has 3 rings (SSSR count). The zero-order valence-corrected chi connectivity index (χ0v) is 11.1. The zero-order chi connectivity index (χ0) is 14.1. The molecule has 0 saturated carbocycles. The third-order valence-electron chi connectivity index (χ3n) is 3.44. The van der Waals surface area contributed by atoms with Gasteiger partial charge in [-0.2, -0.15) is 0 Å². The number of imidazole rings is 1. The third-order valence-corrected chi connectivity index (χ3v) is 3.44. The number of hydrogen-bond donors (Lipinski definition) is 2. The van der Waals surface area contributed by atoms with Crippen molar-refractivity contribution in [2.75, 3.05) is 24.6 Å². The first kappa shape index (κ1) is 12.7. The van der Waals surface area contributed by atoms with Crippen LogP contribution in [0.15, 0.2) is 23.7 Å². The van der Waals surface area contributed by atoms with E-state index in [-0.39, 0.29) is 5.84 Å². The minimum Gasteiger partial charge on any atom is -0.409 e. The number of hydrogen-bond acceptors (Lipinski definition) is 6. The molecule has 2 aromatic heterocycles. The molecule has 0 bridgehead atoms. The monoisotopic (exact) mass is 276 g/mol. The second-order valence-electron chi connectivity index (χ2n) is 4.69. The fraction of sp³-hybridized carbons (Fsp3) is 0.417. The molecule has 3 N–H and O–H groups in total. The van der Waals surface area contributed by atoms with Crippen molar-refractivity contribution < 1.29 is 9.94 Å². The number of anilines is 1. The van der Waals surface area contributed by atoms with Crippen LogP contribution in [0.25, 0.3) is 11.0 Å². The van der Waals surface area contributed by atoms with Crippen molar-refractivity contribution in [3.8, 4) is 0 Å². The molecule has 1 fully saturated rings. The SMILES string of the molecule is Cn1cnc2c(N3CCOC(/C(N)=N/O)C3)nccc21. The molecule has 8 nitrogen and oxygen atoms in total. The first-order valence-corrected chi connectivity index (χ1v) is 6.30. The van der Waals surface area contributed by atoms with E-state index in [1.165, 1.54) is 0 Å². The van der Waals surface area contributed by atoms with Crippen LogP contribution in [-0.2, 0) is 11.8 Å². The molecule has 0 aromatic carbocycles. The highest BCUT2D eigenvalue weighted by atomic mass is 16.5. The number of nitrogens with two attached hydrogens (primary N) is 1. The van der Waals surface area contributed by atoms with Gasteiger partial charge in [-0.3, -0.25) is 0 Å². The van der Waals surface area contributed by atoms with Crippen molar-refractivity contribution >= 4 is 22.7 Å². The molecule has 20 heavy (non-hydrogen) atoms. The average Bonchev–Trinajstić information content (AvgIpc) is 2.88. The van der Waals surface area contributed by atoms with Gasteiger partial charge in [-0.15, -0.1) is 0 Å². The van der Waals surface area contributed by atoms with E-state index >= 15 is 0 Å². The Morgan fingerprint density at radius 2 is 2.40 bits per heavy atom. The highest BCUT2D eigenvalue weighted by molar-refractivity contribution is 5.88. The smallest absolute Gasteiger partial charge is 0.170 e. The molecule has 0 amide bonds. The molecule has 0 radical (unpaired) electrons. The van der Waals surface area contributed by atoms with E-state index in [4.69, 9.17) is 15.7 Å². The van der Waals surface area contributed by atoms with Gasteiger partial charge in [-0.1, -0.05) is 5.16 Å². The quantitative estimate of drug-likeness (QED) is 0.344. The minimum atomic E-state index is -0.436. The number of ether oxygens (including phenoxy) is 1.